The fourth-order valence-corrected chi connectivity index (χ4v) is 1.76. The number of halogens is 4. The van der Waals surface area contributed by atoms with Gasteiger partial charge in [0.15, 0.2) is 6.40 Å². The maximum Gasteiger partial charge on any atom is 0.419 e. The van der Waals surface area contributed by atoms with Gasteiger partial charge in [0.05, 0.1) is 11.6 Å². The van der Waals surface area contributed by atoms with Gasteiger partial charge in [-0.15, -0.1) is 0 Å². The van der Waals surface area contributed by atoms with Gasteiger partial charge in [-0.2, -0.15) is 13.2 Å². The average Bonchev–Trinajstić information content (AvgIpc) is 2.77. The van der Waals surface area contributed by atoms with Crippen LogP contribution in [-0.2, 0) is 17.3 Å². The lowest BCUT2D eigenvalue weighted by molar-refractivity contribution is -0.140. The minimum Gasteiger partial charge on any atom is -0.481 e. The van der Waals surface area contributed by atoms with Gasteiger partial charge in [0.25, 0.3) is 0 Å². The van der Waals surface area contributed by atoms with Gasteiger partial charge in [-0.1, -0.05) is 6.07 Å². The molecule has 0 bridgehead atoms. The van der Waals surface area contributed by atoms with Crippen molar-refractivity contribution in [1.82, 2.24) is 0 Å². The second kappa shape index (κ2) is 4.96. The molecule has 0 amide bonds. The molecule has 1 heterocycles. The summed E-state index contributed by atoms with van der Waals surface area (Å²) in [6.45, 7) is 0.475. The van der Waals surface area contributed by atoms with E-state index >= 15 is 0 Å². The van der Waals surface area contributed by atoms with Crippen LogP contribution in [0.15, 0.2) is 23.2 Å². The van der Waals surface area contributed by atoms with Crippen LogP contribution in [0.5, 0.6) is 0 Å². The smallest absolute Gasteiger partial charge is 0.419 e. The van der Waals surface area contributed by atoms with Crippen LogP contribution in [0.3, 0.4) is 0 Å². The molecule has 1 aromatic rings. The van der Waals surface area contributed by atoms with Gasteiger partial charge < -0.3 is 4.74 Å². The number of ether oxygens (including phenoxy) is 1. The van der Waals surface area contributed by atoms with E-state index in [1.807, 2.05) is 0 Å². The van der Waals surface area contributed by atoms with E-state index in [9.17, 15) is 17.6 Å². The van der Waals surface area contributed by atoms with Crippen molar-refractivity contribution in [3.8, 4) is 0 Å². The lowest BCUT2D eigenvalue weighted by atomic mass is 10.0. The molecule has 0 N–H and O–H groups in total. The van der Waals surface area contributed by atoms with E-state index in [0.717, 1.165) is 12.1 Å². The Bertz CT molecular complexity index is 456. The number of alkyl halides is 3. The largest absolute Gasteiger partial charge is 0.481 e. The maximum atomic E-state index is 13.3. The summed E-state index contributed by atoms with van der Waals surface area (Å²) in [5.74, 6) is -1.23. The van der Waals surface area contributed by atoms with E-state index in [2.05, 4.69) is 4.99 Å². The number of rotatable bonds is 3. The number of aliphatic imine (C=N–C) groups is 1. The molecule has 0 radical (unpaired) electrons. The van der Waals surface area contributed by atoms with Crippen LogP contribution in [0.25, 0.3) is 0 Å². The predicted octanol–water partition coefficient (Wildman–Crippen LogP) is 3.20. The molecule has 6 heteroatoms. The molecule has 18 heavy (non-hydrogen) atoms. The Morgan fingerprint density at radius 3 is 2.67 bits per heavy atom. The molecule has 1 aliphatic rings. The number of hydrogen-bond acceptors (Lipinski definition) is 2. The molecule has 1 unspecified atom stereocenters. The highest BCUT2D eigenvalue weighted by Crippen LogP contribution is 2.31. The summed E-state index contributed by atoms with van der Waals surface area (Å²) in [5, 5.41) is 0. The summed E-state index contributed by atoms with van der Waals surface area (Å²) in [5.41, 5.74) is -0.698. The van der Waals surface area contributed by atoms with Crippen LogP contribution < -0.4 is 0 Å². The normalized spacial score (nSPS) is 19.0. The molecule has 98 valence electrons. The molecule has 2 nitrogen and oxygen atoms in total. The molecule has 0 saturated carbocycles. The van der Waals surface area contributed by atoms with Crippen molar-refractivity contribution in [3.63, 3.8) is 0 Å². The van der Waals surface area contributed by atoms with Gasteiger partial charge >= 0.3 is 6.18 Å². The van der Waals surface area contributed by atoms with Crippen molar-refractivity contribution < 1.29 is 22.3 Å². The van der Waals surface area contributed by atoms with Crippen molar-refractivity contribution in [2.45, 2.75) is 25.1 Å². The molecule has 0 saturated heterocycles. The molecule has 1 aliphatic heterocycles. The maximum absolute atomic E-state index is 13.3. The lowest BCUT2D eigenvalue weighted by Crippen LogP contribution is -2.10. The molecule has 0 aliphatic carbocycles. The molecular weight excluding hydrogens is 250 g/mol. The van der Waals surface area contributed by atoms with Gasteiger partial charge in [0.2, 0.25) is 0 Å². The van der Waals surface area contributed by atoms with E-state index in [1.54, 1.807) is 0 Å². The Morgan fingerprint density at radius 1 is 1.33 bits per heavy atom. The molecule has 1 aromatic carbocycles. The molecule has 1 atom stereocenters. The van der Waals surface area contributed by atoms with Crippen molar-refractivity contribution >= 4 is 6.40 Å². The topological polar surface area (TPSA) is 21.6 Å². The predicted molar refractivity (Wildman–Crippen MR) is 58.0 cm³/mol. The van der Waals surface area contributed by atoms with Crippen LogP contribution in [0.4, 0.5) is 17.6 Å². The zero-order valence-electron chi connectivity index (χ0n) is 9.38. The fraction of sp³-hybridized carbons (Fsp3) is 0.417. The summed E-state index contributed by atoms with van der Waals surface area (Å²) in [4.78, 5) is 4.01. The monoisotopic (exact) mass is 261 g/mol. The minimum absolute atomic E-state index is 0.00959. The van der Waals surface area contributed by atoms with Crippen LogP contribution in [0.1, 0.15) is 17.5 Å². The lowest BCUT2D eigenvalue weighted by Gasteiger charge is -2.10. The SMILES string of the molecule is Fc1cc(CCC2COC=N2)ccc1C(F)(F)F. The summed E-state index contributed by atoms with van der Waals surface area (Å²) >= 11 is 0. The first-order valence-electron chi connectivity index (χ1n) is 5.45. The Hall–Kier alpha value is -1.59. The van der Waals surface area contributed by atoms with Crippen molar-refractivity contribution in [2.24, 2.45) is 4.99 Å². The van der Waals surface area contributed by atoms with E-state index in [4.69, 9.17) is 4.74 Å². The third-order valence-electron chi connectivity index (χ3n) is 2.74. The zero-order chi connectivity index (χ0) is 13.2. The highest BCUT2D eigenvalue weighted by molar-refractivity contribution is 5.48. The van der Waals surface area contributed by atoms with E-state index in [0.29, 0.717) is 25.0 Å². The summed E-state index contributed by atoms with van der Waals surface area (Å²) in [6, 6.07) is 3.02. The third-order valence-corrected chi connectivity index (χ3v) is 2.74. The Kier molecular flexibility index (Phi) is 3.54. The first kappa shape index (κ1) is 12.9. The number of nitrogens with zero attached hydrogens (tertiary/aromatic N) is 1. The van der Waals surface area contributed by atoms with Crippen molar-refractivity contribution in [2.75, 3.05) is 6.61 Å². The molecule has 2 rings (SSSR count). The Morgan fingerprint density at radius 2 is 2.11 bits per heavy atom. The Balaban J connectivity index is 2.02. The quantitative estimate of drug-likeness (QED) is 0.766. The van der Waals surface area contributed by atoms with Crippen LogP contribution in [0, 0.1) is 5.82 Å². The van der Waals surface area contributed by atoms with Gasteiger partial charge in [0.1, 0.15) is 12.4 Å². The minimum atomic E-state index is -4.65. The molecule has 0 spiro atoms. The third kappa shape index (κ3) is 3.00. The van der Waals surface area contributed by atoms with Crippen molar-refractivity contribution in [1.29, 1.82) is 0 Å². The highest BCUT2D eigenvalue weighted by atomic mass is 19.4. The number of hydrogen-bond donors (Lipinski definition) is 0. The van der Waals surface area contributed by atoms with Gasteiger partial charge in [0, 0.05) is 0 Å². The molecule has 0 fully saturated rings. The van der Waals surface area contributed by atoms with Crippen molar-refractivity contribution in [3.05, 3.63) is 35.1 Å². The first-order chi connectivity index (χ1) is 8.47. The van der Waals surface area contributed by atoms with Gasteiger partial charge in [-0.3, -0.25) is 4.99 Å². The van der Waals surface area contributed by atoms with E-state index in [-0.39, 0.29) is 6.04 Å². The Labute approximate surface area is 101 Å². The zero-order valence-corrected chi connectivity index (χ0v) is 9.38. The van der Waals surface area contributed by atoms with Crippen LogP contribution >= 0.6 is 0 Å². The average molecular weight is 261 g/mol. The standard InChI is InChI=1S/C12H11F4NO/c13-11-5-8(1-3-9-6-18-7-17-9)2-4-10(11)12(14,15)16/h2,4-5,7,9H,1,3,6H2. The van der Waals surface area contributed by atoms with Gasteiger partial charge in [-0.05, 0) is 30.5 Å². The fourth-order valence-electron chi connectivity index (χ4n) is 1.76. The number of benzene rings is 1. The first-order valence-corrected chi connectivity index (χ1v) is 5.45. The highest BCUT2D eigenvalue weighted by Gasteiger charge is 2.33. The second-order valence-electron chi connectivity index (χ2n) is 4.09. The summed E-state index contributed by atoms with van der Waals surface area (Å²) in [6.07, 6.45) is -2.19. The molecule has 0 aromatic heterocycles. The van der Waals surface area contributed by atoms with Crippen LogP contribution in [-0.4, -0.2) is 19.0 Å². The summed E-state index contributed by atoms with van der Waals surface area (Å²) < 4.78 is 55.2. The van der Waals surface area contributed by atoms with Gasteiger partial charge in [-0.25, -0.2) is 4.39 Å². The van der Waals surface area contributed by atoms with Crippen LogP contribution in [0.2, 0.25) is 0 Å². The van der Waals surface area contributed by atoms with E-state index in [1.165, 1.54) is 12.5 Å². The van der Waals surface area contributed by atoms with E-state index < -0.39 is 17.6 Å². The summed E-state index contributed by atoms with van der Waals surface area (Å²) in [7, 11) is 0. The number of aryl methyl sites for hydroxylation is 1. The second-order valence-corrected chi connectivity index (χ2v) is 4.09. The molecular formula is C12H11F4NO.